The molecule has 0 amide bonds. The molecule has 0 aliphatic carbocycles. The molecular weight excluding hydrogens is 265 g/mol. The van der Waals surface area contributed by atoms with E-state index in [0.29, 0.717) is 4.47 Å². The number of hydrogen-bond donors (Lipinski definition) is 0. The molecular formula is C10H7BrFNO2. The van der Waals surface area contributed by atoms with Crippen LogP contribution in [0.4, 0.5) is 4.39 Å². The maximum absolute atomic E-state index is 13.3. The van der Waals surface area contributed by atoms with Crippen LogP contribution in [0.15, 0.2) is 16.6 Å². The first-order chi connectivity index (χ1) is 7.10. The third-order valence-corrected chi connectivity index (χ3v) is 2.33. The minimum atomic E-state index is -0.765. The summed E-state index contributed by atoms with van der Waals surface area (Å²) in [5.41, 5.74) is -0.0314. The van der Waals surface area contributed by atoms with Crippen molar-refractivity contribution in [1.82, 2.24) is 0 Å². The molecule has 0 saturated heterocycles. The van der Waals surface area contributed by atoms with E-state index in [9.17, 15) is 9.18 Å². The van der Waals surface area contributed by atoms with E-state index in [1.54, 1.807) is 6.92 Å². The number of carbonyl (C=O) groups excluding carboxylic acids is 1. The van der Waals surface area contributed by atoms with Gasteiger partial charge in [-0.3, -0.25) is 0 Å². The highest BCUT2D eigenvalue weighted by molar-refractivity contribution is 9.10. The van der Waals surface area contributed by atoms with Gasteiger partial charge in [0.05, 0.1) is 17.7 Å². The zero-order chi connectivity index (χ0) is 11.4. The number of benzene rings is 1. The zero-order valence-electron chi connectivity index (χ0n) is 7.88. The van der Waals surface area contributed by atoms with Crippen LogP contribution in [-0.2, 0) is 4.74 Å². The Morgan fingerprint density at radius 2 is 2.33 bits per heavy atom. The second kappa shape index (κ2) is 4.89. The summed E-state index contributed by atoms with van der Waals surface area (Å²) in [6.45, 7) is 1.79. The van der Waals surface area contributed by atoms with Crippen molar-refractivity contribution in [2.24, 2.45) is 0 Å². The molecule has 0 fully saturated rings. The van der Waals surface area contributed by atoms with Crippen molar-refractivity contribution in [3.8, 4) is 6.07 Å². The van der Waals surface area contributed by atoms with Crippen LogP contribution in [0, 0.1) is 17.1 Å². The molecule has 0 saturated carbocycles. The van der Waals surface area contributed by atoms with Crippen LogP contribution in [0.2, 0.25) is 0 Å². The Morgan fingerprint density at radius 1 is 1.67 bits per heavy atom. The molecule has 0 aromatic heterocycles. The Labute approximate surface area is 94.6 Å². The summed E-state index contributed by atoms with van der Waals surface area (Å²) in [6.07, 6.45) is 0. The molecule has 0 radical (unpaired) electrons. The van der Waals surface area contributed by atoms with Gasteiger partial charge in [-0.25, -0.2) is 9.18 Å². The lowest BCUT2D eigenvalue weighted by atomic mass is 10.1. The van der Waals surface area contributed by atoms with Gasteiger partial charge in [-0.2, -0.15) is 5.26 Å². The van der Waals surface area contributed by atoms with E-state index in [1.807, 2.05) is 6.07 Å². The quantitative estimate of drug-likeness (QED) is 0.777. The van der Waals surface area contributed by atoms with Gasteiger partial charge in [0, 0.05) is 4.47 Å². The third-order valence-electron chi connectivity index (χ3n) is 1.67. The Morgan fingerprint density at radius 3 is 2.87 bits per heavy atom. The highest BCUT2D eigenvalue weighted by Gasteiger charge is 2.15. The van der Waals surface area contributed by atoms with Crippen LogP contribution in [0.3, 0.4) is 0 Å². The molecule has 1 aromatic carbocycles. The number of nitriles is 1. The van der Waals surface area contributed by atoms with E-state index in [1.165, 1.54) is 0 Å². The minimum absolute atomic E-state index is 0.163. The SMILES string of the molecule is CCOC(=O)c1cc(C#N)c(Br)cc1F. The van der Waals surface area contributed by atoms with Crippen molar-refractivity contribution in [1.29, 1.82) is 5.26 Å². The number of nitrogens with zero attached hydrogens (tertiary/aromatic N) is 1. The second-order valence-electron chi connectivity index (χ2n) is 2.64. The molecule has 1 rings (SSSR count). The van der Waals surface area contributed by atoms with Crippen molar-refractivity contribution >= 4 is 21.9 Å². The molecule has 0 spiro atoms. The lowest BCUT2D eigenvalue weighted by Crippen LogP contribution is -2.07. The number of ether oxygens (including phenoxy) is 1. The summed E-state index contributed by atoms with van der Waals surface area (Å²) in [7, 11) is 0. The first-order valence-electron chi connectivity index (χ1n) is 4.16. The van der Waals surface area contributed by atoms with Crippen LogP contribution in [0.1, 0.15) is 22.8 Å². The van der Waals surface area contributed by atoms with E-state index >= 15 is 0 Å². The zero-order valence-corrected chi connectivity index (χ0v) is 9.47. The second-order valence-corrected chi connectivity index (χ2v) is 3.50. The average molecular weight is 272 g/mol. The summed E-state index contributed by atoms with van der Waals surface area (Å²) in [6, 6.07) is 4.08. The van der Waals surface area contributed by atoms with Crippen molar-refractivity contribution in [2.75, 3.05) is 6.61 Å². The summed E-state index contributed by atoms with van der Waals surface area (Å²) in [5.74, 6) is -1.47. The number of carbonyl (C=O) groups is 1. The first kappa shape index (κ1) is 11.7. The number of hydrogen-bond acceptors (Lipinski definition) is 3. The highest BCUT2D eigenvalue weighted by Crippen LogP contribution is 2.21. The van der Waals surface area contributed by atoms with Crippen LogP contribution < -0.4 is 0 Å². The van der Waals surface area contributed by atoms with Crippen molar-refractivity contribution in [2.45, 2.75) is 6.92 Å². The molecule has 5 heteroatoms. The van der Waals surface area contributed by atoms with Gasteiger partial charge in [-0.15, -0.1) is 0 Å². The molecule has 78 valence electrons. The smallest absolute Gasteiger partial charge is 0.341 e. The summed E-state index contributed by atoms with van der Waals surface area (Å²) in [4.78, 5) is 11.3. The predicted octanol–water partition coefficient (Wildman–Crippen LogP) is 2.64. The lowest BCUT2D eigenvalue weighted by molar-refractivity contribution is 0.0521. The molecule has 0 atom stereocenters. The Bertz CT molecular complexity index is 440. The van der Waals surface area contributed by atoms with E-state index in [4.69, 9.17) is 5.26 Å². The maximum atomic E-state index is 13.3. The lowest BCUT2D eigenvalue weighted by Gasteiger charge is -2.04. The van der Waals surface area contributed by atoms with Crippen molar-refractivity contribution in [3.05, 3.63) is 33.5 Å². The fraction of sp³-hybridized carbons (Fsp3) is 0.200. The Kier molecular flexibility index (Phi) is 3.81. The molecule has 0 N–H and O–H groups in total. The standard InChI is InChI=1S/C10H7BrFNO2/c1-2-15-10(14)7-3-6(5-13)8(11)4-9(7)12/h3-4H,2H2,1H3. The van der Waals surface area contributed by atoms with Crippen molar-refractivity contribution < 1.29 is 13.9 Å². The van der Waals surface area contributed by atoms with Gasteiger partial charge in [0.15, 0.2) is 0 Å². The number of halogens is 2. The molecule has 0 aliphatic heterocycles. The maximum Gasteiger partial charge on any atom is 0.341 e. The largest absolute Gasteiger partial charge is 0.462 e. The minimum Gasteiger partial charge on any atom is -0.462 e. The Balaban J connectivity index is 3.20. The monoisotopic (exact) mass is 271 g/mol. The molecule has 15 heavy (non-hydrogen) atoms. The molecule has 1 aromatic rings. The van der Waals surface area contributed by atoms with Gasteiger partial charge in [-0.1, -0.05) is 0 Å². The summed E-state index contributed by atoms with van der Waals surface area (Å²) >= 11 is 3.01. The van der Waals surface area contributed by atoms with Crippen LogP contribution in [0.5, 0.6) is 0 Å². The molecule has 0 bridgehead atoms. The topological polar surface area (TPSA) is 50.1 Å². The van der Waals surface area contributed by atoms with Gasteiger partial charge < -0.3 is 4.74 Å². The predicted molar refractivity (Wildman–Crippen MR) is 54.8 cm³/mol. The van der Waals surface area contributed by atoms with E-state index in [0.717, 1.165) is 12.1 Å². The van der Waals surface area contributed by atoms with Crippen LogP contribution in [0.25, 0.3) is 0 Å². The van der Waals surface area contributed by atoms with Gasteiger partial charge in [0.2, 0.25) is 0 Å². The van der Waals surface area contributed by atoms with Crippen LogP contribution >= 0.6 is 15.9 Å². The normalized spacial score (nSPS) is 9.47. The number of esters is 1. The number of rotatable bonds is 2. The molecule has 0 aliphatic rings. The molecule has 3 nitrogen and oxygen atoms in total. The van der Waals surface area contributed by atoms with Crippen LogP contribution in [-0.4, -0.2) is 12.6 Å². The van der Waals surface area contributed by atoms with E-state index in [2.05, 4.69) is 20.7 Å². The van der Waals surface area contributed by atoms with Gasteiger partial charge in [0.25, 0.3) is 0 Å². The van der Waals surface area contributed by atoms with Gasteiger partial charge >= 0.3 is 5.97 Å². The summed E-state index contributed by atoms with van der Waals surface area (Å²) < 4.78 is 18.3. The molecule has 0 unspecified atom stereocenters. The average Bonchev–Trinajstić information content (AvgIpc) is 2.18. The van der Waals surface area contributed by atoms with E-state index < -0.39 is 11.8 Å². The van der Waals surface area contributed by atoms with Gasteiger partial charge in [0.1, 0.15) is 11.9 Å². The van der Waals surface area contributed by atoms with Crippen molar-refractivity contribution in [3.63, 3.8) is 0 Å². The fourth-order valence-corrected chi connectivity index (χ4v) is 1.40. The first-order valence-corrected chi connectivity index (χ1v) is 4.95. The van der Waals surface area contributed by atoms with E-state index in [-0.39, 0.29) is 17.7 Å². The van der Waals surface area contributed by atoms with Gasteiger partial charge in [-0.05, 0) is 35.0 Å². The third kappa shape index (κ3) is 2.54. The highest BCUT2D eigenvalue weighted by atomic mass is 79.9. The fourth-order valence-electron chi connectivity index (χ4n) is 1.000. The Hall–Kier alpha value is -1.41. The summed E-state index contributed by atoms with van der Waals surface area (Å²) in [5, 5.41) is 8.69. The molecule has 0 heterocycles.